The molecule has 0 aromatic carbocycles. The van der Waals surface area contributed by atoms with E-state index in [1.165, 1.54) is 6.42 Å². The van der Waals surface area contributed by atoms with Crippen LogP contribution < -0.4 is 15.8 Å². The Morgan fingerprint density at radius 1 is 1.35 bits per heavy atom. The average Bonchev–Trinajstić information content (AvgIpc) is 2.97. The number of methoxy groups -OCH3 is 1. The highest BCUT2D eigenvalue weighted by molar-refractivity contribution is 6.03. The molecule has 1 amide bonds. The molecule has 0 saturated heterocycles. The first-order chi connectivity index (χ1) is 11.2. The summed E-state index contributed by atoms with van der Waals surface area (Å²) in [7, 11) is 1.54. The van der Waals surface area contributed by atoms with E-state index in [0.29, 0.717) is 17.1 Å². The number of nitrogens with zero attached hydrogens (tertiary/aromatic N) is 2. The van der Waals surface area contributed by atoms with Gasteiger partial charge in [0.2, 0.25) is 11.8 Å². The lowest BCUT2D eigenvalue weighted by molar-refractivity contribution is 0.0929. The number of nitrogens with two attached hydrogens (primary N) is 1. The third kappa shape index (κ3) is 3.28. The highest BCUT2D eigenvalue weighted by Gasteiger charge is 2.25. The first kappa shape index (κ1) is 15.3. The predicted octanol–water partition coefficient (Wildman–Crippen LogP) is 2.39. The summed E-state index contributed by atoms with van der Waals surface area (Å²) >= 11 is 0. The van der Waals surface area contributed by atoms with Crippen molar-refractivity contribution in [1.82, 2.24) is 15.5 Å². The number of hydrogen-bond acceptors (Lipinski definition) is 6. The number of amides is 1. The van der Waals surface area contributed by atoms with Crippen LogP contribution in [0.1, 0.15) is 42.5 Å². The molecule has 1 fully saturated rings. The molecule has 122 valence electrons. The average molecular weight is 316 g/mol. The van der Waals surface area contributed by atoms with Crippen LogP contribution in [-0.2, 0) is 0 Å². The van der Waals surface area contributed by atoms with Crippen LogP contribution in [0.5, 0.6) is 5.88 Å². The minimum atomic E-state index is -0.249. The second-order valence-corrected chi connectivity index (χ2v) is 5.67. The number of nitrogen functional groups attached to an aromatic ring is 1. The van der Waals surface area contributed by atoms with E-state index in [9.17, 15) is 4.79 Å². The van der Waals surface area contributed by atoms with Crippen molar-refractivity contribution in [2.45, 2.75) is 38.1 Å². The van der Waals surface area contributed by atoms with Crippen LogP contribution in [0.25, 0.3) is 11.3 Å². The Bertz CT molecular complexity index is 675. The van der Waals surface area contributed by atoms with Gasteiger partial charge in [-0.15, -0.1) is 0 Å². The monoisotopic (exact) mass is 316 g/mol. The Hall–Kier alpha value is -2.57. The zero-order valence-electron chi connectivity index (χ0n) is 13.0. The first-order valence-electron chi connectivity index (χ1n) is 7.75. The summed E-state index contributed by atoms with van der Waals surface area (Å²) < 4.78 is 10.1. The summed E-state index contributed by atoms with van der Waals surface area (Å²) in [5, 5.41) is 6.94. The molecule has 3 rings (SSSR count). The molecule has 2 heterocycles. The molecule has 2 aromatic rings. The van der Waals surface area contributed by atoms with Crippen molar-refractivity contribution in [3.63, 3.8) is 0 Å². The summed E-state index contributed by atoms with van der Waals surface area (Å²) in [6.45, 7) is 0. The SMILES string of the molecule is COc1ccc(-c2noc(N)c2C(=O)NC2CCCCC2)cn1. The van der Waals surface area contributed by atoms with E-state index in [-0.39, 0.29) is 23.4 Å². The maximum Gasteiger partial charge on any atom is 0.259 e. The quantitative estimate of drug-likeness (QED) is 0.897. The second-order valence-electron chi connectivity index (χ2n) is 5.67. The summed E-state index contributed by atoms with van der Waals surface area (Å²) in [6.07, 6.45) is 7.07. The van der Waals surface area contributed by atoms with Gasteiger partial charge < -0.3 is 20.3 Å². The van der Waals surface area contributed by atoms with Crippen LogP contribution in [0.15, 0.2) is 22.9 Å². The van der Waals surface area contributed by atoms with Crippen LogP contribution in [0, 0.1) is 0 Å². The van der Waals surface area contributed by atoms with E-state index in [0.717, 1.165) is 25.7 Å². The number of rotatable bonds is 4. The van der Waals surface area contributed by atoms with Gasteiger partial charge >= 0.3 is 0 Å². The summed E-state index contributed by atoms with van der Waals surface area (Å²) in [6, 6.07) is 3.65. The molecule has 0 unspecified atom stereocenters. The van der Waals surface area contributed by atoms with Crippen molar-refractivity contribution in [3.05, 3.63) is 23.9 Å². The molecule has 0 bridgehead atoms. The number of ether oxygens (including phenoxy) is 1. The van der Waals surface area contributed by atoms with Gasteiger partial charge in [0.25, 0.3) is 5.91 Å². The van der Waals surface area contributed by atoms with E-state index in [4.69, 9.17) is 15.0 Å². The molecule has 3 N–H and O–H groups in total. The Morgan fingerprint density at radius 2 is 2.13 bits per heavy atom. The van der Waals surface area contributed by atoms with Crippen molar-refractivity contribution >= 4 is 11.8 Å². The molecule has 0 radical (unpaired) electrons. The minimum Gasteiger partial charge on any atom is -0.481 e. The fourth-order valence-electron chi connectivity index (χ4n) is 2.86. The van der Waals surface area contributed by atoms with E-state index in [1.807, 2.05) is 0 Å². The highest BCUT2D eigenvalue weighted by Crippen LogP contribution is 2.28. The van der Waals surface area contributed by atoms with Crippen molar-refractivity contribution < 1.29 is 14.1 Å². The maximum absolute atomic E-state index is 12.6. The van der Waals surface area contributed by atoms with Gasteiger partial charge in [-0.1, -0.05) is 24.4 Å². The van der Waals surface area contributed by atoms with Crippen molar-refractivity contribution in [3.8, 4) is 17.1 Å². The molecule has 0 aliphatic heterocycles. The minimum absolute atomic E-state index is 0.0177. The van der Waals surface area contributed by atoms with E-state index in [2.05, 4.69) is 15.5 Å². The molecular weight excluding hydrogens is 296 g/mol. The van der Waals surface area contributed by atoms with Crippen molar-refractivity contribution in [2.24, 2.45) is 0 Å². The Kier molecular flexibility index (Phi) is 4.45. The van der Waals surface area contributed by atoms with Gasteiger partial charge in [-0.2, -0.15) is 0 Å². The second kappa shape index (κ2) is 6.68. The first-order valence-corrected chi connectivity index (χ1v) is 7.75. The highest BCUT2D eigenvalue weighted by atomic mass is 16.5. The fourth-order valence-corrected chi connectivity index (χ4v) is 2.86. The molecule has 7 nitrogen and oxygen atoms in total. The normalized spacial score (nSPS) is 15.3. The van der Waals surface area contributed by atoms with Crippen LogP contribution in [-0.4, -0.2) is 29.2 Å². The number of hydrogen-bond donors (Lipinski definition) is 2. The van der Waals surface area contributed by atoms with Gasteiger partial charge in [0.05, 0.1) is 7.11 Å². The Labute approximate surface area is 134 Å². The number of carbonyl (C=O) groups is 1. The molecule has 2 aromatic heterocycles. The smallest absolute Gasteiger partial charge is 0.259 e. The van der Waals surface area contributed by atoms with Crippen molar-refractivity contribution in [2.75, 3.05) is 12.8 Å². The number of pyridine rings is 1. The lowest BCUT2D eigenvalue weighted by Gasteiger charge is -2.22. The molecule has 23 heavy (non-hydrogen) atoms. The van der Waals surface area contributed by atoms with E-state index >= 15 is 0 Å². The standard InChI is InChI=1S/C16H20N4O3/c1-22-12-8-7-10(9-18-12)14-13(15(17)23-20-14)16(21)19-11-5-3-2-4-6-11/h7-9,11H,2-6,17H2,1H3,(H,19,21). The number of carbonyl (C=O) groups excluding carboxylic acids is 1. The summed E-state index contributed by atoms with van der Waals surface area (Å²) in [5.74, 6) is 0.254. The molecule has 0 atom stereocenters. The zero-order chi connectivity index (χ0) is 16.2. The number of anilines is 1. The zero-order valence-corrected chi connectivity index (χ0v) is 13.0. The lowest BCUT2D eigenvalue weighted by atomic mass is 9.95. The van der Waals surface area contributed by atoms with Gasteiger partial charge in [-0.3, -0.25) is 4.79 Å². The van der Waals surface area contributed by atoms with Gasteiger partial charge in [0.15, 0.2) is 0 Å². The maximum atomic E-state index is 12.6. The van der Waals surface area contributed by atoms with Crippen LogP contribution in [0.4, 0.5) is 5.88 Å². The third-order valence-corrected chi connectivity index (χ3v) is 4.10. The van der Waals surface area contributed by atoms with Gasteiger partial charge in [-0.25, -0.2) is 4.98 Å². The van der Waals surface area contributed by atoms with E-state index < -0.39 is 0 Å². The largest absolute Gasteiger partial charge is 0.481 e. The lowest BCUT2D eigenvalue weighted by Crippen LogP contribution is -2.36. The summed E-state index contributed by atoms with van der Waals surface area (Å²) in [5.41, 5.74) is 7.12. The Balaban J connectivity index is 1.83. The molecule has 1 saturated carbocycles. The topological polar surface area (TPSA) is 103 Å². The summed E-state index contributed by atoms with van der Waals surface area (Å²) in [4.78, 5) is 16.7. The molecule has 0 spiro atoms. The van der Waals surface area contributed by atoms with Crippen molar-refractivity contribution in [1.29, 1.82) is 0 Å². The number of nitrogens with one attached hydrogen (secondary N) is 1. The number of aromatic nitrogens is 2. The van der Waals surface area contributed by atoms with E-state index in [1.54, 1.807) is 25.4 Å². The molecular formula is C16H20N4O3. The molecule has 7 heteroatoms. The van der Waals surface area contributed by atoms with Crippen LogP contribution in [0.2, 0.25) is 0 Å². The van der Waals surface area contributed by atoms with Gasteiger partial charge in [-0.05, 0) is 18.9 Å². The fraction of sp³-hybridized carbons (Fsp3) is 0.438. The van der Waals surface area contributed by atoms with Crippen LogP contribution in [0.3, 0.4) is 0 Å². The van der Waals surface area contributed by atoms with Gasteiger partial charge in [0, 0.05) is 23.9 Å². The van der Waals surface area contributed by atoms with Gasteiger partial charge in [0.1, 0.15) is 11.3 Å². The predicted molar refractivity (Wildman–Crippen MR) is 85.0 cm³/mol. The third-order valence-electron chi connectivity index (χ3n) is 4.10. The molecule has 1 aliphatic carbocycles. The Morgan fingerprint density at radius 3 is 2.78 bits per heavy atom. The van der Waals surface area contributed by atoms with Crippen LogP contribution >= 0.6 is 0 Å². The molecule has 1 aliphatic rings.